The summed E-state index contributed by atoms with van der Waals surface area (Å²) in [6.45, 7) is 3.13. The highest BCUT2D eigenvalue weighted by Gasteiger charge is 2.26. The topological polar surface area (TPSA) is 105 Å². The minimum atomic E-state index is -3.96. The van der Waals surface area contributed by atoms with E-state index in [1.54, 1.807) is 44.2 Å². The van der Waals surface area contributed by atoms with Crippen molar-refractivity contribution < 1.29 is 18.0 Å². The maximum atomic E-state index is 13.1. The number of thiazole rings is 1. The summed E-state index contributed by atoms with van der Waals surface area (Å²) in [6, 6.07) is 16.5. The highest BCUT2D eigenvalue weighted by atomic mass is 32.2. The Balaban J connectivity index is 1.62. The van der Waals surface area contributed by atoms with Crippen LogP contribution >= 0.6 is 23.1 Å². The second-order valence-corrected chi connectivity index (χ2v) is 11.1. The van der Waals surface area contributed by atoms with Gasteiger partial charge in [-0.1, -0.05) is 53.3 Å². The first-order valence-electron chi connectivity index (χ1n) is 9.57. The van der Waals surface area contributed by atoms with Crippen molar-refractivity contribution in [2.24, 2.45) is 0 Å². The van der Waals surface area contributed by atoms with Crippen molar-refractivity contribution in [2.75, 3.05) is 4.72 Å². The molecule has 3 aromatic carbocycles. The molecule has 162 valence electrons. The third-order valence-corrected chi connectivity index (χ3v) is 8.67. The summed E-state index contributed by atoms with van der Waals surface area (Å²) in [4.78, 5) is 5.12. The van der Waals surface area contributed by atoms with Crippen molar-refractivity contribution in [2.45, 2.75) is 28.0 Å². The Morgan fingerprint density at radius 3 is 2.50 bits per heavy atom. The maximum absolute atomic E-state index is 13.1. The number of fused-ring (bicyclic) bond motifs is 2. The molecular formula is C22H17N3O4S3. The molecule has 0 saturated carbocycles. The molecule has 0 atom stereocenters. The standard InChI is InChI=1S/C22H17N3O4S3/c1-12-21(13(2)29-24-12)32(27,28)25-17-11-19(20(26)15-8-4-3-7-14(15)17)31-22-23-16-9-5-6-10-18(16)30-22/h3-11,25-26H,1-2H3. The fourth-order valence-corrected chi connectivity index (χ4v) is 7.06. The molecule has 5 rings (SSSR count). The molecule has 32 heavy (non-hydrogen) atoms. The van der Waals surface area contributed by atoms with E-state index < -0.39 is 10.0 Å². The third-order valence-electron chi connectivity index (χ3n) is 4.93. The van der Waals surface area contributed by atoms with Crippen LogP contribution in [-0.4, -0.2) is 23.7 Å². The van der Waals surface area contributed by atoms with Gasteiger partial charge < -0.3 is 9.63 Å². The summed E-state index contributed by atoms with van der Waals surface area (Å²) in [5, 5.41) is 15.8. The number of sulfonamides is 1. The first-order chi connectivity index (χ1) is 15.3. The van der Waals surface area contributed by atoms with Crippen LogP contribution in [0.25, 0.3) is 21.0 Å². The number of benzene rings is 3. The quantitative estimate of drug-likeness (QED) is 0.308. The number of para-hydroxylation sites is 1. The average Bonchev–Trinajstić information content (AvgIpc) is 3.33. The summed E-state index contributed by atoms with van der Waals surface area (Å²) < 4.78 is 35.7. The largest absolute Gasteiger partial charge is 0.506 e. The maximum Gasteiger partial charge on any atom is 0.267 e. The van der Waals surface area contributed by atoms with Crippen molar-refractivity contribution >= 4 is 59.8 Å². The Morgan fingerprint density at radius 2 is 1.78 bits per heavy atom. The molecule has 0 aliphatic heterocycles. The molecule has 2 aromatic heterocycles. The van der Waals surface area contributed by atoms with Gasteiger partial charge in [-0.05, 0) is 32.0 Å². The van der Waals surface area contributed by atoms with Gasteiger partial charge in [0, 0.05) is 10.8 Å². The second-order valence-electron chi connectivity index (χ2n) is 7.12. The number of aromatic nitrogens is 2. The minimum absolute atomic E-state index is 0.00929. The SMILES string of the molecule is Cc1noc(C)c1S(=O)(=O)Nc1cc(Sc2nc3ccccc3s2)c(O)c2ccccc12. The van der Waals surface area contributed by atoms with Crippen molar-refractivity contribution in [3.05, 3.63) is 66.1 Å². The van der Waals surface area contributed by atoms with Gasteiger partial charge in [0.1, 0.15) is 11.4 Å². The van der Waals surface area contributed by atoms with Gasteiger partial charge in [-0.15, -0.1) is 11.3 Å². The molecule has 0 spiro atoms. The van der Waals surface area contributed by atoms with E-state index in [0.717, 1.165) is 14.6 Å². The lowest BCUT2D eigenvalue weighted by molar-refractivity contribution is 0.390. The van der Waals surface area contributed by atoms with Gasteiger partial charge in [-0.2, -0.15) is 0 Å². The molecule has 0 saturated heterocycles. The molecule has 0 radical (unpaired) electrons. The number of nitrogens with one attached hydrogen (secondary N) is 1. The Morgan fingerprint density at radius 1 is 1.06 bits per heavy atom. The van der Waals surface area contributed by atoms with Crippen LogP contribution in [-0.2, 0) is 10.0 Å². The second kappa shape index (κ2) is 7.80. The molecule has 0 unspecified atom stereocenters. The van der Waals surface area contributed by atoms with Gasteiger partial charge in [0.15, 0.2) is 15.0 Å². The van der Waals surface area contributed by atoms with Gasteiger partial charge >= 0.3 is 0 Å². The number of anilines is 1. The summed E-state index contributed by atoms with van der Waals surface area (Å²) in [7, 11) is -3.96. The lowest BCUT2D eigenvalue weighted by Crippen LogP contribution is -2.14. The number of rotatable bonds is 5. The number of hydrogen-bond donors (Lipinski definition) is 2. The molecule has 2 heterocycles. The number of phenolic OH excluding ortho intramolecular Hbond substituents is 1. The van der Waals surface area contributed by atoms with Crippen LogP contribution in [0.5, 0.6) is 5.75 Å². The van der Waals surface area contributed by atoms with Crippen LogP contribution in [0.15, 0.2) is 73.3 Å². The van der Waals surface area contributed by atoms with Crippen LogP contribution in [0.4, 0.5) is 5.69 Å². The fraction of sp³-hybridized carbons (Fsp3) is 0.0909. The van der Waals surface area contributed by atoms with Crippen molar-refractivity contribution in [1.29, 1.82) is 0 Å². The molecule has 0 bridgehead atoms. The number of aryl methyl sites for hydroxylation is 2. The number of aromatic hydroxyl groups is 1. The van der Waals surface area contributed by atoms with Crippen LogP contribution < -0.4 is 4.72 Å². The third kappa shape index (κ3) is 3.60. The van der Waals surface area contributed by atoms with Gasteiger partial charge in [0.2, 0.25) is 0 Å². The lowest BCUT2D eigenvalue weighted by atomic mass is 10.1. The predicted octanol–water partition coefficient (Wildman–Crippen LogP) is 5.71. The van der Waals surface area contributed by atoms with E-state index >= 15 is 0 Å². The van der Waals surface area contributed by atoms with Gasteiger partial charge in [0.25, 0.3) is 10.0 Å². The summed E-state index contributed by atoms with van der Waals surface area (Å²) >= 11 is 2.80. The van der Waals surface area contributed by atoms with E-state index in [1.165, 1.54) is 23.1 Å². The van der Waals surface area contributed by atoms with E-state index in [9.17, 15) is 13.5 Å². The highest BCUT2D eigenvalue weighted by molar-refractivity contribution is 8.01. The van der Waals surface area contributed by atoms with E-state index in [1.807, 2.05) is 24.3 Å². The van der Waals surface area contributed by atoms with Crippen molar-refractivity contribution in [3.63, 3.8) is 0 Å². The number of phenols is 1. The van der Waals surface area contributed by atoms with E-state index in [4.69, 9.17) is 4.52 Å². The van der Waals surface area contributed by atoms with Crippen LogP contribution in [0.1, 0.15) is 11.5 Å². The Kier molecular flexibility index (Phi) is 5.07. The zero-order valence-electron chi connectivity index (χ0n) is 17.0. The first-order valence-corrected chi connectivity index (χ1v) is 12.7. The minimum Gasteiger partial charge on any atom is -0.506 e. The monoisotopic (exact) mass is 483 g/mol. The fourth-order valence-electron chi connectivity index (χ4n) is 3.54. The Labute approximate surface area is 192 Å². The average molecular weight is 484 g/mol. The molecular weight excluding hydrogens is 466 g/mol. The van der Waals surface area contributed by atoms with Crippen LogP contribution in [0, 0.1) is 13.8 Å². The molecule has 7 nitrogen and oxygen atoms in total. The molecule has 5 aromatic rings. The van der Waals surface area contributed by atoms with E-state index in [2.05, 4.69) is 14.9 Å². The summed E-state index contributed by atoms with van der Waals surface area (Å²) in [6.07, 6.45) is 0. The zero-order chi connectivity index (χ0) is 22.5. The molecule has 0 aliphatic rings. The molecule has 0 amide bonds. The number of nitrogens with zero attached hydrogens (tertiary/aromatic N) is 2. The van der Waals surface area contributed by atoms with Gasteiger partial charge in [0.05, 0.1) is 20.8 Å². The van der Waals surface area contributed by atoms with E-state index in [-0.39, 0.29) is 22.1 Å². The van der Waals surface area contributed by atoms with Crippen LogP contribution in [0.3, 0.4) is 0 Å². The normalized spacial score (nSPS) is 11.9. The van der Waals surface area contributed by atoms with Crippen molar-refractivity contribution in [1.82, 2.24) is 10.1 Å². The smallest absolute Gasteiger partial charge is 0.267 e. The lowest BCUT2D eigenvalue weighted by Gasteiger charge is -2.14. The van der Waals surface area contributed by atoms with Crippen LogP contribution in [0.2, 0.25) is 0 Å². The van der Waals surface area contributed by atoms with Gasteiger partial charge in [-0.3, -0.25) is 4.72 Å². The van der Waals surface area contributed by atoms with Gasteiger partial charge in [-0.25, -0.2) is 13.4 Å². The highest BCUT2D eigenvalue weighted by Crippen LogP contribution is 2.44. The molecule has 10 heteroatoms. The first kappa shape index (κ1) is 20.8. The van der Waals surface area contributed by atoms with E-state index in [0.29, 0.717) is 21.4 Å². The Bertz CT molecular complexity index is 1540. The number of hydrogen-bond acceptors (Lipinski definition) is 8. The van der Waals surface area contributed by atoms with Crippen molar-refractivity contribution in [3.8, 4) is 5.75 Å². The molecule has 0 fully saturated rings. The molecule has 0 aliphatic carbocycles. The molecule has 2 N–H and O–H groups in total. The predicted molar refractivity (Wildman–Crippen MR) is 126 cm³/mol. The summed E-state index contributed by atoms with van der Waals surface area (Å²) in [5.41, 5.74) is 1.50. The zero-order valence-corrected chi connectivity index (χ0v) is 19.4. The summed E-state index contributed by atoms with van der Waals surface area (Å²) in [5.74, 6) is 0.285. The Hall–Kier alpha value is -3.08.